The molecule has 3 aromatic rings. The van der Waals surface area contributed by atoms with Gasteiger partial charge in [0.1, 0.15) is 12.4 Å². The molecule has 0 heterocycles. The first-order valence-electron chi connectivity index (χ1n) is 9.29. The van der Waals surface area contributed by atoms with Crippen LogP contribution in [0.2, 0.25) is 0 Å². The molecule has 0 radical (unpaired) electrons. The van der Waals surface area contributed by atoms with Crippen molar-refractivity contribution in [2.75, 3.05) is 30.4 Å². The molecule has 0 aromatic heterocycles. The monoisotopic (exact) mass is 504 g/mol. The standard InChI is InChI=1S/C22H21BrN2O5S/c1-29-13-14-30-21-12-7-16(15-20(21)23)22(26)24-17-8-10-19(11-9-17)31(27,28)25-18-5-3-2-4-6-18/h2-12,15,25H,13-14H2,1H3,(H,24,26). The zero-order valence-corrected chi connectivity index (χ0v) is 19.1. The Morgan fingerprint density at radius 2 is 1.65 bits per heavy atom. The van der Waals surface area contributed by atoms with Crippen LogP contribution >= 0.6 is 15.9 Å². The summed E-state index contributed by atoms with van der Waals surface area (Å²) in [4.78, 5) is 12.6. The summed E-state index contributed by atoms with van der Waals surface area (Å²) in [6.45, 7) is 0.857. The number of carbonyl (C=O) groups excluding carboxylic acids is 1. The van der Waals surface area contributed by atoms with Gasteiger partial charge in [0.2, 0.25) is 0 Å². The van der Waals surface area contributed by atoms with Gasteiger partial charge in [-0.2, -0.15) is 0 Å². The maximum absolute atomic E-state index is 12.5. The number of carbonyl (C=O) groups is 1. The second kappa shape index (κ2) is 10.4. The van der Waals surface area contributed by atoms with Crippen molar-refractivity contribution in [3.05, 3.63) is 82.8 Å². The van der Waals surface area contributed by atoms with Gasteiger partial charge in [0.25, 0.3) is 15.9 Å². The SMILES string of the molecule is COCCOc1ccc(C(=O)Nc2ccc(S(=O)(=O)Nc3ccccc3)cc2)cc1Br. The Balaban J connectivity index is 1.65. The van der Waals surface area contributed by atoms with Gasteiger partial charge in [-0.15, -0.1) is 0 Å². The van der Waals surface area contributed by atoms with Gasteiger partial charge in [-0.1, -0.05) is 18.2 Å². The second-order valence-corrected chi connectivity index (χ2v) is 8.97. The number of methoxy groups -OCH3 is 1. The summed E-state index contributed by atoms with van der Waals surface area (Å²) in [6, 6.07) is 19.5. The average Bonchev–Trinajstić information content (AvgIpc) is 2.76. The Labute approximate surface area is 189 Å². The number of rotatable bonds is 9. The summed E-state index contributed by atoms with van der Waals surface area (Å²) in [6.07, 6.45) is 0. The summed E-state index contributed by atoms with van der Waals surface area (Å²) >= 11 is 3.39. The summed E-state index contributed by atoms with van der Waals surface area (Å²) in [5, 5.41) is 2.75. The predicted octanol–water partition coefficient (Wildman–Crippen LogP) is 4.53. The van der Waals surface area contributed by atoms with Crippen LogP contribution in [-0.4, -0.2) is 34.6 Å². The van der Waals surface area contributed by atoms with Crippen LogP contribution in [0.25, 0.3) is 0 Å². The Bertz CT molecular complexity index is 1140. The zero-order valence-electron chi connectivity index (χ0n) is 16.7. The van der Waals surface area contributed by atoms with Crippen molar-refractivity contribution in [2.24, 2.45) is 0 Å². The van der Waals surface area contributed by atoms with Crippen molar-refractivity contribution in [1.29, 1.82) is 0 Å². The molecule has 0 saturated carbocycles. The minimum Gasteiger partial charge on any atom is -0.490 e. The summed E-state index contributed by atoms with van der Waals surface area (Å²) < 4.78 is 38.6. The molecular weight excluding hydrogens is 484 g/mol. The van der Waals surface area contributed by atoms with Gasteiger partial charge in [0.05, 0.1) is 16.0 Å². The van der Waals surface area contributed by atoms with Crippen molar-refractivity contribution < 1.29 is 22.7 Å². The summed E-state index contributed by atoms with van der Waals surface area (Å²) in [7, 11) is -2.13. The van der Waals surface area contributed by atoms with E-state index in [-0.39, 0.29) is 10.8 Å². The van der Waals surface area contributed by atoms with E-state index in [0.29, 0.717) is 40.4 Å². The number of benzene rings is 3. The molecule has 0 fully saturated rings. The highest BCUT2D eigenvalue weighted by Gasteiger charge is 2.15. The third-order valence-corrected chi connectivity index (χ3v) is 6.20. The molecule has 0 aliphatic carbocycles. The first kappa shape index (κ1) is 22.8. The highest BCUT2D eigenvalue weighted by molar-refractivity contribution is 9.10. The zero-order chi connectivity index (χ0) is 22.3. The van der Waals surface area contributed by atoms with Crippen molar-refractivity contribution in [3.8, 4) is 5.75 Å². The topological polar surface area (TPSA) is 93.7 Å². The Hall–Kier alpha value is -2.88. The molecular formula is C22H21BrN2O5S. The van der Waals surface area contributed by atoms with E-state index in [4.69, 9.17) is 9.47 Å². The van der Waals surface area contributed by atoms with Crippen LogP contribution in [0.1, 0.15) is 10.4 Å². The lowest BCUT2D eigenvalue weighted by Gasteiger charge is -2.11. The molecule has 3 rings (SSSR count). The van der Waals surface area contributed by atoms with E-state index in [9.17, 15) is 13.2 Å². The van der Waals surface area contributed by atoms with Gasteiger partial charge in [-0.05, 0) is 70.5 Å². The van der Waals surface area contributed by atoms with E-state index in [1.807, 2.05) is 0 Å². The van der Waals surface area contributed by atoms with Crippen LogP contribution in [0.3, 0.4) is 0 Å². The lowest BCUT2D eigenvalue weighted by Crippen LogP contribution is -2.14. The van der Waals surface area contributed by atoms with E-state index in [2.05, 4.69) is 26.0 Å². The van der Waals surface area contributed by atoms with Crippen LogP contribution in [0, 0.1) is 0 Å². The molecule has 3 aromatic carbocycles. The Morgan fingerprint density at radius 3 is 2.29 bits per heavy atom. The molecule has 1 amide bonds. The quantitative estimate of drug-likeness (QED) is 0.417. The lowest BCUT2D eigenvalue weighted by molar-refractivity contribution is 0.102. The van der Waals surface area contributed by atoms with Gasteiger partial charge < -0.3 is 14.8 Å². The van der Waals surface area contributed by atoms with Crippen LogP contribution in [-0.2, 0) is 14.8 Å². The van der Waals surface area contributed by atoms with Crippen LogP contribution in [0.15, 0.2) is 82.2 Å². The average molecular weight is 505 g/mol. The molecule has 9 heteroatoms. The third-order valence-electron chi connectivity index (χ3n) is 4.19. The van der Waals surface area contributed by atoms with E-state index >= 15 is 0 Å². The van der Waals surface area contributed by atoms with Crippen molar-refractivity contribution in [2.45, 2.75) is 4.90 Å². The first-order chi connectivity index (χ1) is 14.9. The smallest absolute Gasteiger partial charge is 0.261 e. The number of para-hydroxylation sites is 1. The molecule has 0 bridgehead atoms. The minimum atomic E-state index is -3.72. The maximum atomic E-state index is 12.5. The van der Waals surface area contributed by atoms with Gasteiger partial charge in [0, 0.05) is 24.0 Å². The molecule has 2 N–H and O–H groups in total. The molecule has 0 aliphatic rings. The number of hydrogen-bond acceptors (Lipinski definition) is 5. The van der Waals surface area contributed by atoms with E-state index in [1.165, 1.54) is 24.3 Å². The normalized spacial score (nSPS) is 11.0. The van der Waals surface area contributed by atoms with Crippen molar-refractivity contribution in [1.82, 2.24) is 0 Å². The van der Waals surface area contributed by atoms with Gasteiger partial charge in [0.15, 0.2) is 0 Å². The number of sulfonamides is 1. The van der Waals surface area contributed by atoms with E-state index < -0.39 is 10.0 Å². The molecule has 0 spiro atoms. The highest BCUT2D eigenvalue weighted by atomic mass is 79.9. The summed E-state index contributed by atoms with van der Waals surface area (Å²) in [5.41, 5.74) is 1.37. The third kappa shape index (κ3) is 6.30. The van der Waals surface area contributed by atoms with E-state index in [0.717, 1.165) is 0 Å². The molecule has 31 heavy (non-hydrogen) atoms. The largest absolute Gasteiger partial charge is 0.490 e. The van der Waals surface area contributed by atoms with E-state index in [1.54, 1.807) is 55.6 Å². The second-order valence-electron chi connectivity index (χ2n) is 6.44. The fourth-order valence-electron chi connectivity index (χ4n) is 2.64. The Morgan fingerprint density at radius 1 is 0.935 bits per heavy atom. The highest BCUT2D eigenvalue weighted by Crippen LogP contribution is 2.26. The number of nitrogens with one attached hydrogen (secondary N) is 2. The molecule has 7 nitrogen and oxygen atoms in total. The predicted molar refractivity (Wildman–Crippen MR) is 123 cm³/mol. The van der Waals surface area contributed by atoms with Gasteiger partial charge in [-0.3, -0.25) is 9.52 Å². The maximum Gasteiger partial charge on any atom is 0.261 e. The number of amides is 1. The minimum absolute atomic E-state index is 0.0923. The molecule has 0 saturated heterocycles. The van der Waals surface area contributed by atoms with Crippen molar-refractivity contribution >= 4 is 43.2 Å². The van der Waals surface area contributed by atoms with Crippen molar-refractivity contribution in [3.63, 3.8) is 0 Å². The molecule has 0 atom stereocenters. The van der Waals surface area contributed by atoms with Gasteiger partial charge in [-0.25, -0.2) is 8.42 Å². The fourth-order valence-corrected chi connectivity index (χ4v) is 4.19. The van der Waals surface area contributed by atoms with Crippen LogP contribution in [0.4, 0.5) is 11.4 Å². The lowest BCUT2D eigenvalue weighted by atomic mass is 10.2. The molecule has 0 unspecified atom stereocenters. The number of anilines is 2. The summed E-state index contributed by atoms with van der Waals surface area (Å²) in [5.74, 6) is 0.274. The Kier molecular flexibility index (Phi) is 7.67. The van der Waals surface area contributed by atoms with Crippen LogP contribution < -0.4 is 14.8 Å². The van der Waals surface area contributed by atoms with Crippen LogP contribution in [0.5, 0.6) is 5.75 Å². The molecule has 0 aliphatic heterocycles. The molecule has 162 valence electrons. The number of ether oxygens (including phenoxy) is 2. The first-order valence-corrected chi connectivity index (χ1v) is 11.6. The number of hydrogen-bond donors (Lipinski definition) is 2. The number of halogens is 1. The fraction of sp³-hybridized carbons (Fsp3) is 0.136. The van der Waals surface area contributed by atoms with Gasteiger partial charge >= 0.3 is 0 Å².